The van der Waals surface area contributed by atoms with Gasteiger partial charge in [0.25, 0.3) is 5.91 Å². The van der Waals surface area contributed by atoms with Gasteiger partial charge < -0.3 is 10.4 Å². The molecule has 0 atom stereocenters. The zero-order chi connectivity index (χ0) is 12.3. The van der Waals surface area contributed by atoms with Crippen molar-refractivity contribution in [1.29, 1.82) is 0 Å². The maximum atomic E-state index is 11.7. The molecule has 2 N–H and O–H groups in total. The van der Waals surface area contributed by atoms with Gasteiger partial charge in [0, 0.05) is 18.6 Å². The van der Waals surface area contributed by atoms with Gasteiger partial charge in [-0.25, -0.2) is 9.97 Å². The molecule has 0 saturated carbocycles. The first kappa shape index (κ1) is 11.3. The fourth-order valence-corrected chi connectivity index (χ4v) is 1.29. The quantitative estimate of drug-likeness (QED) is 0.843. The predicted octanol–water partition coefficient (Wildman–Crippen LogP) is 1.48. The first-order chi connectivity index (χ1) is 8.16. The number of pyridine rings is 1. The van der Waals surface area contributed by atoms with Crippen molar-refractivity contribution in [2.24, 2.45) is 0 Å². The summed E-state index contributed by atoms with van der Waals surface area (Å²) in [5, 5.41) is 11.7. The molecule has 0 unspecified atom stereocenters. The van der Waals surface area contributed by atoms with Gasteiger partial charge in [0.15, 0.2) is 11.0 Å². The number of halogens is 1. The van der Waals surface area contributed by atoms with E-state index in [1.165, 1.54) is 30.9 Å². The van der Waals surface area contributed by atoms with E-state index in [1.54, 1.807) is 0 Å². The van der Waals surface area contributed by atoms with Gasteiger partial charge >= 0.3 is 0 Å². The van der Waals surface area contributed by atoms with E-state index < -0.39 is 5.91 Å². The third kappa shape index (κ3) is 2.67. The lowest BCUT2D eigenvalue weighted by Crippen LogP contribution is -2.13. The van der Waals surface area contributed by atoms with Gasteiger partial charge in [-0.2, -0.15) is 0 Å². The Morgan fingerprint density at radius 1 is 1.29 bits per heavy atom. The normalized spacial score (nSPS) is 9.94. The summed E-state index contributed by atoms with van der Waals surface area (Å²) < 4.78 is 0. The first-order valence-electron chi connectivity index (χ1n) is 4.58. The minimum absolute atomic E-state index is 0.0916. The van der Waals surface area contributed by atoms with Crippen molar-refractivity contribution in [2.75, 3.05) is 5.32 Å². The molecule has 7 heteroatoms. The Morgan fingerprint density at radius 2 is 2.06 bits per heavy atom. The van der Waals surface area contributed by atoms with Gasteiger partial charge in [-0.1, -0.05) is 11.6 Å². The molecule has 0 aliphatic heterocycles. The molecule has 0 radical (unpaired) electrons. The monoisotopic (exact) mass is 250 g/mol. The number of nitrogens with one attached hydrogen (secondary N) is 1. The molecule has 0 aliphatic rings. The average Bonchev–Trinajstić information content (AvgIpc) is 2.32. The highest BCUT2D eigenvalue weighted by Gasteiger charge is 2.10. The van der Waals surface area contributed by atoms with Crippen LogP contribution < -0.4 is 5.32 Å². The Labute approximate surface area is 101 Å². The summed E-state index contributed by atoms with van der Waals surface area (Å²) in [6.07, 6.45) is 5.36. The highest BCUT2D eigenvalue weighted by atomic mass is 35.5. The van der Waals surface area contributed by atoms with Crippen LogP contribution in [0.3, 0.4) is 0 Å². The molecule has 0 fully saturated rings. The molecular weight excluding hydrogens is 244 g/mol. The van der Waals surface area contributed by atoms with Crippen molar-refractivity contribution in [3.8, 4) is 5.75 Å². The largest absolute Gasteiger partial charge is 0.506 e. The van der Waals surface area contributed by atoms with Gasteiger partial charge in [-0.3, -0.25) is 9.78 Å². The van der Waals surface area contributed by atoms with Gasteiger partial charge in [0.05, 0.1) is 11.8 Å². The number of nitrogens with zero attached hydrogens (tertiary/aromatic N) is 3. The summed E-state index contributed by atoms with van der Waals surface area (Å²) in [5.74, 6) is -0.416. The van der Waals surface area contributed by atoms with Crippen LogP contribution in [-0.4, -0.2) is 26.0 Å². The van der Waals surface area contributed by atoms with Crippen LogP contribution in [-0.2, 0) is 0 Å². The van der Waals surface area contributed by atoms with Crippen LogP contribution >= 0.6 is 11.6 Å². The van der Waals surface area contributed by atoms with Crippen LogP contribution in [0.1, 0.15) is 10.4 Å². The van der Waals surface area contributed by atoms with Crippen LogP contribution in [0, 0.1) is 0 Å². The van der Waals surface area contributed by atoms with Gasteiger partial charge in [-0.15, -0.1) is 0 Å². The van der Waals surface area contributed by atoms with E-state index in [0.717, 1.165) is 0 Å². The molecule has 0 bridgehead atoms. The number of hydrogen-bond donors (Lipinski definition) is 2. The second-order valence-corrected chi connectivity index (χ2v) is 3.44. The second kappa shape index (κ2) is 4.75. The van der Waals surface area contributed by atoms with E-state index in [2.05, 4.69) is 20.3 Å². The van der Waals surface area contributed by atoms with Crippen molar-refractivity contribution >= 4 is 23.3 Å². The minimum atomic E-state index is -0.476. The molecular formula is C10H7ClN4O2. The summed E-state index contributed by atoms with van der Waals surface area (Å²) in [4.78, 5) is 23.0. The number of hydrogen-bond acceptors (Lipinski definition) is 5. The van der Waals surface area contributed by atoms with Crippen LogP contribution in [0.15, 0.2) is 30.9 Å². The maximum absolute atomic E-state index is 11.7. The highest BCUT2D eigenvalue weighted by Crippen LogP contribution is 2.16. The third-order valence-electron chi connectivity index (χ3n) is 1.87. The van der Waals surface area contributed by atoms with E-state index in [-0.39, 0.29) is 22.3 Å². The lowest BCUT2D eigenvalue weighted by atomic mass is 10.2. The summed E-state index contributed by atoms with van der Waals surface area (Å²) in [5.41, 5.74) is 0.201. The Kier molecular flexibility index (Phi) is 3.15. The average molecular weight is 251 g/mol. The molecule has 2 heterocycles. The van der Waals surface area contributed by atoms with E-state index >= 15 is 0 Å². The summed E-state index contributed by atoms with van der Waals surface area (Å²) in [6.45, 7) is 0. The molecule has 0 spiro atoms. The molecule has 2 rings (SSSR count). The number of carbonyl (C=O) groups is 1. The fourth-order valence-electron chi connectivity index (χ4n) is 1.14. The summed E-state index contributed by atoms with van der Waals surface area (Å²) in [7, 11) is 0. The maximum Gasteiger partial charge on any atom is 0.258 e. The molecule has 0 saturated heterocycles. The number of aromatic hydroxyl groups is 1. The van der Waals surface area contributed by atoms with E-state index in [4.69, 9.17) is 11.6 Å². The minimum Gasteiger partial charge on any atom is -0.506 e. The zero-order valence-electron chi connectivity index (χ0n) is 8.46. The molecule has 0 aromatic carbocycles. The standard InChI is InChI=1S/C10H7ClN4O2/c11-8-9(14-2-1-13-8)15-10(17)6-3-7(16)5-12-4-6/h1-5,16H,(H,14,15,17). The van der Waals surface area contributed by atoms with E-state index in [9.17, 15) is 9.90 Å². The first-order valence-corrected chi connectivity index (χ1v) is 4.96. The molecule has 1 amide bonds. The van der Waals surface area contributed by atoms with Gasteiger partial charge in [0.2, 0.25) is 0 Å². The smallest absolute Gasteiger partial charge is 0.258 e. The van der Waals surface area contributed by atoms with E-state index in [1.807, 2.05) is 0 Å². The van der Waals surface area contributed by atoms with Gasteiger partial charge in [0.1, 0.15) is 5.75 Å². The lowest BCUT2D eigenvalue weighted by Gasteiger charge is -2.04. The van der Waals surface area contributed by atoms with Crippen molar-refractivity contribution in [3.63, 3.8) is 0 Å². The lowest BCUT2D eigenvalue weighted by molar-refractivity contribution is 0.102. The molecule has 2 aromatic heterocycles. The Balaban J connectivity index is 2.20. The summed E-state index contributed by atoms with van der Waals surface area (Å²) in [6, 6.07) is 1.28. The molecule has 2 aromatic rings. The van der Waals surface area contributed by atoms with Crippen LogP contribution in [0.2, 0.25) is 5.15 Å². The number of anilines is 1. The SMILES string of the molecule is O=C(Nc1nccnc1Cl)c1cncc(O)c1. The van der Waals surface area contributed by atoms with Crippen molar-refractivity contribution in [2.45, 2.75) is 0 Å². The van der Waals surface area contributed by atoms with Crippen molar-refractivity contribution in [1.82, 2.24) is 15.0 Å². The Morgan fingerprint density at radius 3 is 2.76 bits per heavy atom. The highest BCUT2D eigenvalue weighted by molar-refractivity contribution is 6.32. The Bertz CT molecular complexity index is 562. The Hall–Kier alpha value is -2.21. The third-order valence-corrected chi connectivity index (χ3v) is 2.15. The molecule has 86 valence electrons. The van der Waals surface area contributed by atoms with Gasteiger partial charge in [-0.05, 0) is 6.07 Å². The van der Waals surface area contributed by atoms with Crippen LogP contribution in [0.25, 0.3) is 0 Å². The number of amides is 1. The zero-order valence-corrected chi connectivity index (χ0v) is 9.22. The molecule has 17 heavy (non-hydrogen) atoms. The van der Waals surface area contributed by atoms with Crippen molar-refractivity contribution in [3.05, 3.63) is 41.6 Å². The predicted molar refractivity (Wildman–Crippen MR) is 60.9 cm³/mol. The fraction of sp³-hybridized carbons (Fsp3) is 0. The summed E-state index contributed by atoms with van der Waals surface area (Å²) >= 11 is 5.73. The van der Waals surface area contributed by atoms with Crippen LogP contribution in [0.5, 0.6) is 5.75 Å². The molecule has 0 aliphatic carbocycles. The number of carbonyl (C=O) groups excluding carboxylic acids is 1. The number of aromatic nitrogens is 3. The molecule has 6 nitrogen and oxygen atoms in total. The van der Waals surface area contributed by atoms with Crippen LogP contribution in [0.4, 0.5) is 5.82 Å². The number of rotatable bonds is 2. The van der Waals surface area contributed by atoms with E-state index in [0.29, 0.717) is 0 Å². The second-order valence-electron chi connectivity index (χ2n) is 3.08. The van der Waals surface area contributed by atoms with Crippen molar-refractivity contribution < 1.29 is 9.90 Å². The topological polar surface area (TPSA) is 88.0 Å².